The van der Waals surface area contributed by atoms with Crippen LogP contribution < -0.4 is 14.2 Å². The molecule has 2 rings (SSSR count). The zero-order valence-corrected chi connectivity index (χ0v) is 14.1. The predicted octanol–water partition coefficient (Wildman–Crippen LogP) is 3.69. The second-order valence-electron chi connectivity index (χ2n) is 5.65. The van der Waals surface area contributed by atoms with Crippen LogP contribution in [0, 0.1) is 0 Å². The normalized spacial score (nSPS) is 10.5. The number of ether oxygens (including phenoxy) is 3. The molecule has 0 aliphatic rings. The quantitative estimate of drug-likeness (QED) is 0.800. The molecule has 128 valence electrons. The van der Waals surface area contributed by atoms with Gasteiger partial charge in [-0.1, -0.05) is 18.2 Å². The fourth-order valence-electron chi connectivity index (χ4n) is 2.21. The summed E-state index contributed by atoms with van der Waals surface area (Å²) in [6.45, 7) is 4.35. The van der Waals surface area contributed by atoms with Crippen LogP contribution in [0.5, 0.6) is 17.2 Å². The van der Waals surface area contributed by atoms with E-state index in [4.69, 9.17) is 19.3 Å². The monoisotopic (exact) mass is 330 g/mol. The summed E-state index contributed by atoms with van der Waals surface area (Å²) in [5, 5.41) is 8.85. The molecule has 0 aromatic heterocycles. The highest BCUT2D eigenvalue weighted by molar-refractivity contribution is 5.70. The van der Waals surface area contributed by atoms with Gasteiger partial charge in [-0.05, 0) is 49.2 Å². The standard InChI is InChI=1S/C19H22O5/c1-13(2)24-16-7-4-14(5-8-16)12-23-17-9-6-15(11-19(20)21)10-18(17)22-3/h4-10,13H,11-12H2,1-3H3,(H,20,21). The van der Waals surface area contributed by atoms with Crippen molar-refractivity contribution in [3.63, 3.8) is 0 Å². The third-order valence-corrected chi connectivity index (χ3v) is 3.27. The van der Waals surface area contributed by atoms with E-state index >= 15 is 0 Å². The Hall–Kier alpha value is -2.69. The van der Waals surface area contributed by atoms with Gasteiger partial charge in [0.05, 0.1) is 19.6 Å². The minimum Gasteiger partial charge on any atom is -0.493 e. The lowest BCUT2D eigenvalue weighted by Gasteiger charge is -2.13. The number of methoxy groups -OCH3 is 1. The van der Waals surface area contributed by atoms with Crippen LogP contribution in [-0.2, 0) is 17.8 Å². The molecule has 0 bridgehead atoms. The molecule has 0 fully saturated rings. The van der Waals surface area contributed by atoms with Crippen molar-refractivity contribution >= 4 is 5.97 Å². The van der Waals surface area contributed by atoms with Gasteiger partial charge in [-0.25, -0.2) is 0 Å². The lowest BCUT2D eigenvalue weighted by molar-refractivity contribution is -0.136. The molecule has 5 nitrogen and oxygen atoms in total. The molecule has 0 radical (unpaired) electrons. The Kier molecular flexibility index (Phi) is 6.07. The molecular formula is C19H22O5. The fraction of sp³-hybridized carbons (Fsp3) is 0.316. The van der Waals surface area contributed by atoms with Gasteiger partial charge in [0.1, 0.15) is 12.4 Å². The predicted molar refractivity (Wildman–Crippen MR) is 90.9 cm³/mol. The van der Waals surface area contributed by atoms with Gasteiger partial charge in [0.15, 0.2) is 11.5 Å². The summed E-state index contributed by atoms with van der Waals surface area (Å²) in [6.07, 6.45) is 0.0919. The van der Waals surface area contributed by atoms with E-state index in [-0.39, 0.29) is 12.5 Å². The van der Waals surface area contributed by atoms with Crippen LogP contribution in [0.1, 0.15) is 25.0 Å². The van der Waals surface area contributed by atoms with Crippen molar-refractivity contribution in [2.75, 3.05) is 7.11 Å². The summed E-state index contributed by atoms with van der Waals surface area (Å²) >= 11 is 0. The molecule has 0 amide bonds. The molecule has 24 heavy (non-hydrogen) atoms. The first-order chi connectivity index (χ1) is 11.5. The van der Waals surface area contributed by atoms with Gasteiger partial charge in [-0.3, -0.25) is 4.79 Å². The van der Waals surface area contributed by atoms with Crippen LogP contribution in [0.3, 0.4) is 0 Å². The van der Waals surface area contributed by atoms with Crippen LogP contribution in [0.25, 0.3) is 0 Å². The molecule has 0 saturated heterocycles. The largest absolute Gasteiger partial charge is 0.493 e. The summed E-state index contributed by atoms with van der Waals surface area (Å²) < 4.78 is 16.7. The summed E-state index contributed by atoms with van der Waals surface area (Å²) in [7, 11) is 1.53. The first-order valence-corrected chi connectivity index (χ1v) is 7.75. The van der Waals surface area contributed by atoms with Crippen LogP contribution in [-0.4, -0.2) is 24.3 Å². The Morgan fingerprint density at radius 3 is 2.29 bits per heavy atom. The van der Waals surface area contributed by atoms with Crippen molar-refractivity contribution < 1.29 is 24.1 Å². The lowest BCUT2D eigenvalue weighted by atomic mass is 10.1. The van der Waals surface area contributed by atoms with E-state index in [1.165, 1.54) is 7.11 Å². The van der Waals surface area contributed by atoms with Crippen molar-refractivity contribution in [1.29, 1.82) is 0 Å². The first kappa shape index (κ1) is 17.7. The second kappa shape index (κ2) is 8.24. The molecule has 0 aliphatic heterocycles. The highest BCUT2D eigenvalue weighted by Crippen LogP contribution is 2.29. The average molecular weight is 330 g/mol. The van der Waals surface area contributed by atoms with E-state index < -0.39 is 5.97 Å². The van der Waals surface area contributed by atoms with Gasteiger partial charge in [-0.2, -0.15) is 0 Å². The lowest BCUT2D eigenvalue weighted by Crippen LogP contribution is -2.05. The Morgan fingerprint density at radius 2 is 1.71 bits per heavy atom. The van der Waals surface area contributed by atoms with Gasteiger partial charge in [0, 0.05) is 0 Å². The molecular weight excluding hydrogens is 308 g/mol. The molecule has 0 heterocycles. The minimum atomic E-state index is -0.880. The maximum absolute atomic E-state index is 10.8. The van der Waals surface area contributed by atoms with E-state index in [0.717, 1.165) is 11.3 Å². The number of carbonyl (C=O) groups is 1. The zero-order chi connectivity index (χ0) is 17.5. The molecule has 0 unspecified atom stereocenters. The van der Waals surface area contributed by atoms with Gasteiger partial charge in [-0.15, -0.1) is 0 Å². The molecule has 0 aliphatic carbocycles. The van der Waals surface area contributed by atoms with E-state index in [1.807, 2.05) is 38.1 Å². The van der Waals surface area contributed by atoms with Crippen molar-refractivity contribution in [3.05, 3.63) is 53.6 Å². The second-order valence-corrected chi connectivity index (χ2v) is 5.65. The van der Waals surface area contributed by atoms with Crippen molar-refractivity contribution in [1.82, 2.24) is 0 Å². The number of rotatable bonds is 8. The SMILES string of the molecule is COc1cc(CC(=O)O)ccc1OCc1ccc(OC(C)C)cc1. The van der Waals surface area contributed by atoms with Crippen LogP contribution in [0.15, 0.2) is 42.5 Å². The van der Waals surface area contributed by atoms with Crippen molar-refractivity contribution in [2.45, 2.75) is 33.0 Å². The van der Waals surface area contributed by atoms with Crippen LogP contribution in [0.4, 0.5) is 0 Å². The molecule has 2 aromatic rings. The van der Waals surface area contributed by atoms with Gasteiger partial charge in [0.25, 0.3) is 0 Å². The number of carboxylic acid groups (broad SMARTS) is 1. The maximum atomic E-state index is 10.8. The van der Waals surface area contributed by atoms with Gasteiger partial charge >= 0.3 is 5.97 Å². The summed E-state index contributed by atoms with van der Waals surface area (Å²) in [5.74, 6) is 1.04. The minimum absolute atomic E-state index is 0.0477. The number of carboxylic acids is 1. The summed E-state index contributed by atoms with van der Waals surface area (Å²) in [5.41, 5.74) is 1.67. The van der Waals surface area contributed by atoms with E-state index in [1.54, 1.807) is 18.2 Å². The fourth-order valence-corrected chi connectivity index (χ4v) is 2.21. The highest BCUT2D eigenvalue weighted by Gasteiger charge is 2.08. The van der Waals surface area contributed by atoms with Crippen LogP contribution in [0.2, 0.25) is 0 Å². The average Bonchev–Trinajstić information content (AvgIpc) is 2.53. The van der Waals surface area contributed by atoms with Crippen molar-refractivity contribution in [3.8, 4) is 17.2 Å². The van der Waals surface area contributed by atoms with E-state index in [2.05, 4.69) is 0 Å². The Morgan fingerprint density at radius 1 is 1.04 bits per heavy atom. The number of benzene rings is 2. The van der Waals surface area contributed by atoms with E-state index in [0.29, 0.717) is 23.7 Å². The molecule has 1 N–H and O–H groups in total. The first-order valence-electron chi connectivity index (χ1n) is 7.75. The molecule has 2 aromatic carbocycles. The molecule has 0 atom stereocenters. The number of hydrogen-bond acceptors (Lipinski definition) is 4. The number of aliphatic carboxylic acids is 1. The third kappa shape index (κ3) is 5.19. The summed E-state index contributed by atoms with van der Waals surface area (Å²) in [4.78, 5) is 10.8. The molecule has 5 heteroatoms. The summed E-state index contributed by atoms with van der Waals surface area (Å²) in [6, 6.07) is 12.9. The number of hydrogen-bond donors (Lipinski definition) is 1. The Balaban J connectivity index is 2.01. The van der Waals surface area contributed by atoms with Crippen molar-refractivity contribution in [2.24, 2.45) is 0 Å². The third-order valence-electron chi connectivity index (χ3n) is 3.27. The van der Waals surface area contributed by atoms with Gasteiger partial charge < -0.3 is 19.3 Å². The smallest absolute Gasteiger partial charge is 0.307 e. The Bertz CT molecular complexity index is 677. The topological polar surface area (TPSA) is 65.0 Å². The maximum Gasteiger partial charge on any atom is 0.307 e. The van der Waals surface area contributed by atoms with Gasteiger partial charge in [0.2, 0.25) is 0 Å². The zero-order valence-electron chi connectivity index (χ0n) is 14.1. The van der Waals surface area contributed by atoms with E-state index in [9.17, 15) is 4.79 Å². The Labute approximate surface area is 141 Å². The highest BCUT2D eigenvalue weighted by atomic mass is 16.5. The molecule has 0 spiro atoms. The molecule has 0 saturated carbocycles. The van der Waals surface area contributed by atoms with Crippen LogP contribution >= 0.6 is 0 Å².